The maximum atomic E-state index is 13.1. The first-order valence-corrected chi connectivity index (χ1v) is 10.7. The van der Waals surface area contributed by atoms with Crippen LogP contribution in [0.25, 0.3) is 11.1 Å². The maximum Gasteiger partial charge on any atom is 0.348 e. The van der Waals surface area contributed by atoms with Gasteiger partial charge in [0.15, 0.2) is 0 Å². The minimum absolute atomic E-state index is 0.0600. The molecule has 4 nitrogen and oxygen atoms in total. The topological polar surface area (TPSA) is 60.4 Å². The van der Waals surface area contributed by atoms with Gasteiger partial charge in [-0.1, -0.05) is 36.4 Å². The fourth-order valence-corrected chi connectivity index (χ4v) is 6.37. The van der Waals surface area contributed by atoms with E-state index in [0.29, 0.717) is 3.79 Å². The van der Waals surface area contributed by atoms with E-state index in [1.807, 2.05) is 37.3 Å². The van der Waals surface area contributed by atoms with Crippen molar-refractivity contribution in [3.05, 3.63) is 68.8 Å². The van der Waals surface area contributed by atoms with Gasteiger partial charge < -0.3 is 4.74 Å². The molecule has 0 aliphatic carbocycles. The van der Waals surface area contributed by atoms with Crippen molar-refractivity contribution in [3.63, 3.8) is 0 Å². The number of sulfone groups is 1. The second-order valence-corrected chi connectivity index (χ2v) is 9.87. The number of methoxy groups -OCH3 is 1. The number of carbonyl (C=O) groups is 1. The summed E-state index contributed by atoms with van der Waals surface area (Å²) in [5.41, 5.74) is 2.86. The van der Waals surface area contributed by atoms with E-state index in [9.17, 15) is 13.2 Å². The van der Waals surface area contributed by atoms with Gasteiger partial charge >= 0.3 is 5.97 Å². The Hall–Kier alpha value is -1.96. The highest BCUT2D eigenvalue weighted by Gasteiger charge is 2.26. The highest BCUT2D eigenvalue weighted by molar-refractivity contribution is 9.11. The minimum atomic E-state index is -3.78. The van der Waals surface area contributed by atoms with Crippen LogP contribution in [0.15, 0.2) is 68.2 Å². The lowest BCUT2D eigenvalue weighted by atomic mass is 10.0. The van der Waals surface area contributed by atoms with E-state index in [1.54, 1.807) is 18.2 Å². The quantitative estimate of drug-likeness (QED) is 0.518. The third kappa shape index (κ3) is 3.47. The number of rotatable bonds is 4. The molecule has 0 N–H and O–H groups in total. The predicted octanol–water partition coefficient (Wildman–Crippen LogP) is 5.11. The molecule has 0 amide bonds. The zero-order valence-electron chi connectivity index (χ0n) is 14.0. The highest BCUT2D eigenvalue weighted by Crippen LogP contribution is 2.36. The summed E-state index contributed by atoms with van der Waals surface area (Å²) in [4.78, 5) is 12.2. The normalized spacial score (nSPS) is 11.3. The zero-order chi connectivity index (χ0) is 18.9. The number of esters is 1. The van der Waals surface area contributed by atoms with Crippen LogP contribution in [0.2, 0.25) is 0 Å². The molecule has 0 saturated heterocycles. The third-order valence-corrected chi connectivity index (χ3v) is 7.92. The van der Waals surface area contributed by atoms with Crippen molar-refractivity contribution in [1.29, 1.82) is 0 Å². The fraction of sp³-hybridized carbons (Fsp3) is 0.105. The van der Waals surface area contributed by atoms with E-state index >= 15 is 0 Å². The molecule has 2 aromatic carbocycles. The molecule has 0 aliphatic rings. The van der Waals surface area contributed by atoms with Crippen LogP contribution in [-0.4, -0.2) is 21.5 Å². The SMILES string of the molecule is COC(=O)c1cc(S(=O)(=O)c2cccc(-c3ccccc3C)c2)c(Br)s1. The van der Waals surface area contributed by atoms with Gasteiger partial charge in [-0.05, 0) is 57.7 Å². The molecule has 0 bridgehead atoms. The van der Waals surface area contributed by atoms with Crippen molar-refractivity contribution in [2.24, 2.45) is 0 Å². The van der Waals surface area contributed by atoms with Crippen LogP contribution in [0.5, 0.6) is 0 Å². The minimum Gasteiger partial charge on any atom is -0.465 e. The van der Waals surface area contributed by atoms with Gasteiger partial charge in [0.05, 0.1) is 20.7 Å². The van der Waals surface area contributed by atoms with Crippen LogP contribution in [0.1, 0.15) is 15.2 Å². The molecule has 0 aliphatic heterocycles. The Kier molecular flexibility index (Phi) is 5.32. The average Bonchev–Trinajstić information content (AvgIpc) is 3.04. The number of benzene rings is 2. The summed E-state index contributed by atoms with van der Waals surface area (Å²) in [6.07, 6.45) is 0. The number of halogens is 1. The Morgan fingerprint density at radius 2 is 1.81 bits per heavy atom. The van der Waals surface area contributed by atoms with Crippen LogP contribution in [0, 0.1) is 6.92 Å². The van der Waals surface area contributed by atoms with Crippen LogP contribution in [-0.2, 0) is 14.6 Å². The molecule has 0 saturated carbocycles. The highest BCUT2D eigenvalue weighted by atomic mass is 79.9. The fourth-order valence-electron chi connectivity index (χ4n) is 2.59. The Labute approximate surface area is 164 Å². The summed E-state index contributed by atoms with van der Waals surface area (Å²) < 4.78 is 31.2. The van der Waals surface area contributed by atoms with Gasteiger partial charge in [0.2, 0.25) is 9.84 Å². The number of aryl methyl sites for hydroxylation is 1. The van der Waals surface area contributed by atoms with Gasteiger partial charge in [0.1, 0.15) is 4.88 Å². The van der Waals surface area contributed by atoms with E-state index in [-0.39, 0.29) is 14.7 Å². The van der Waals surface area contributed by atoms with Gasteiger partial charge in [-0.15, -0.1) is 11.3 Å². The van der Waals surface area contributed by atoms with Crippen LogP contribution in [0.3, 0.4) is 0 Å². The van der Waals surface area contributed by atoms with E-state index < -0.39 is 15.8 Å². The maximum absolute atomic E-state index is 13.1. The van der Waals surface area contributed by atoms with Gasteiger partial charge in [-0.25, -0.2) is 13.2 Å². The van der Waals surface area contributed by atoms with Crippen molar-refractivity contribution in [1.82, 2.24) is 0 Å². The lowest BCUT2D eigenvalue weighted by Gasteiger charge is -2.09. The summed E-state index contributed by atoms with van der Waals surface area (Å²) in [7, 11) is -2.52. The van der Waals surface area contributed by atoms with Crippen molar-refractivity contribution < 1.29 is 17.9 Å². The Morgan fingerprint density at radius 3 is 2.50 bits per heavy atom. The molecule has 0 radical (unpaired) electrons. The summed E-state index contributed by atoms with van der Waals surface area (Å²) >= 11 is 4.29. The number of carbonyl (C=O) groups excluding carboxylic acids is 1. The van der Waals surface area contributed by atoms with Crippen LogP contribution < -0.4 is 0 Å². The molecule has 26 heavy (non-hydrogen) atoms. The molecule has 134 valence electrons. The van der Waals surface area contributed by atoms with Gasteiger partial charge in [0, 0.05) is 0 Å². The first-order valence-electron chi connectivity index (χ1n) is 7.63. The molecule has 1 heterocycles. The van der Waals surface area contributed by atoms with Gasteiger partial charge in [-0.2, -0.15) is 0 Å². The molecule has 3 aromatic rings. The molecule has 0 unspecified atom stereocenters. The number of hydrogen-bond donors (Lipinski definition) is 0. The van der Waals surface area contributed by atoms with Gasteiger partial charge in [-0.3, -0.25) is 0 Å². The Morgan fingerprint density at radius 1 is 1.08 bits per heavy atom. The molecular formula is C19H15BrO4S2. The van der Waals surface area contributed by atoms with Crippen LogP contribution in [0.4, 0.5) is 0 Å². The van der Waals surface area contributed by atoms with Crippen molar-refractivity contribution >= 4 is 43.1 Å². The first kappa shape index (κ1) is 18.8. The predicted molar refractivity (Wildman–Crippen MR) is 105 cm³/mol. The number of ether oxygens (including phenoxy) is 1. The standard InChI is InChI=1S/C19H15BrO4S2/c1-12-6-3-4-9-15(12)13-7-5-8-14(10-13)26(22,23)17-11-16(19(21)24-2)25-18(17)20/h3-11H,1-2H3. The van der Waals surface area contributed by atoms with Crippen molar-refractivity contribution in [3.8, 4) is 11.1 Å². The Bertz CT molecular complexity index is 1080. The lowest BCUT2D eigenvalue weighted by molar-refractivity contribution is 0.0606. The molecule has 0 fully saturated rings. The first-order chi connectivity index (χ1) is 12.3. The zero-order valence-corrected chi connectivity index (χ0v) is 17.2. The van der Waals surface area contributed by atoms with E-state index in [4.69, 9.17) is 0 Å². The summed E-state index contributed by atoms with van der Waals surface area (Å²) in [6, 6.07) is 15.9. The second kappa shape index (κ2) is 7.34. The molecule has 0 spiro atoms. The monoisotopic (exact) mass is 450 g/mol. The second-order valence-electron chi connectivity index (χ2n) is 5.59. The van der Waals surface area contributed by atoms with E-state index in [2.05, 4.69) is 20.7 Å². The largest absolute Gasteiger partial charge is 0.465 e. The van der Waals surface area contributed by atoms with Crippen LogP contribution >= 0.6 is 27.3 Å². The number of hydrogen-bond acceptors (Lipinski definition) is 5. The molecule has 1 aromatic heterocycles. The van der Waals surface area contributed by atoms with E-state index in [1.165, 1.54) is 13.2 Å². The third-order valence-electron chi connectivity index (χ3n) is 3.93. The molecule has 7 heteroatoms. The lowest BCUT2D eigenvalue weighted by Crippen LogP contribution is -2.02. The molecular weight excluding hydrogens is 436 g/mol. The summed E-state index contributed by atoms with van der Waals surface area (Å²) in [5.74, 6) is -0.564. The number of thiophene rings is 1. The van der Waals surface area contributed by atoms with E-state index in [0.717, 1.165) is 28.0 Å². The van der Waals surface area contributed by atoms with Crippen molar-refractivity contribution in [2.75, 3.05) is 7.11 Å². The average molecular weight is 451 g/mol. The Balaban J connectivity index is 2.09. The van der Waals surface area contributed by atoms with Gasteiger partial charge in [0.25, 0.3) is 0 Å². The summed E-state index contributed by atoms with van der Waals surface area (Å²) in [5, 5.41) is 0. The van der Waals surface area contributed by atoms with Crippen molar-refractivity contribution in [2.45, 2.75) is 16.7 Å². The smallest absolute Gasteiger partial charge is 0.348 e. The molecule has 3 rings (SSSR count). The molecule has 0 atom stereocenters. The summed E-state index contributed by atoms with van der Waals surface area (Å²) in [6.45, 7) is 1.98.